The van der Waals surface area contributed by atoms with Gasteiger partial charge in [-0.15, -0.1) is 5.10 Å². The minimum atomic E-state index is -0.660. The van der Waals surface area contributed by atoms with Gasteiger partial charge in [0.1, 0.15) is 11.8 Å². The minimum Gasteiger partial charge on any atom is -0.441 e. The first-order valence-corrected chi connectivity index (χ1v) is 11.5. The van der Waals surface area contributed by atoms with E-state index >= 15 is 0 Å². The summed E-state index contributed by atoms with van der Waals surface area (Å²) in [5, 5.41) is 21.9. The molecule has 174 valence electrons. The lowest BCUT2D eigenvalue weighted by Gasteiger charge is -2.28. The van der Waals surface area contributed by atoms with Crippen molar-refractivity contribution in [3.8, 4) is 22.5 Å². The number of carbonyl (C=O) groups excluding carboxylic acids is 1. The molecule has 0 saturated carbocycles. The van der Waals surface area contributed by atoms with Gasteiger partial charge in [0, 0.05) is 29.7 Å². The maximum absolute atomic E-state index is 12.7. The number of hydrogen-bond acceptors (Lipinski definition) is 5. The molecule has 0 bridgehead atoms. The Hall–Kier alpha value is -3.19. The zero-order chi connectivity index (χ0) is 23.6. The number of aromatic nitrogens is 3. The van der Waals surface area contributed by atoms with Gasteiger partial charge in [0.05, 0.1) is 17.8 Å². The van der Waals surface area contributed by atoms with Crippen LogP contribution in [0.1, 0.15) is 51.3 Å². The normalized spacial score (nSPS) is 15.2. The second kappa shape index (κ2) is 9.35. The number of fused-ring (bicyclic) bond motifs is 5. The van der Waals surface area contributed by atoms with Crippen molar-refractivity contribution in [1.29, 1.82) is 0 Å². The lowest BCUT2D eigenvalue weighted by atomic mass is 9.87. The summed E-state index contributed by atoms with van der Waals surface area (Å²) in [6.45, 7) is 8.57. The van der Waals surface area contributed by atoms with Crippen LogP contribution in [0.3, 0.4) is 0 Å². The molecule has 1 heterocycles. The molecule has 0 fully saturated rings. The number of carbonyl (C=O) groups is 1. The first-order chi connectivity index (χ1) is 15.8. The zero-order valence-corrected chi connectivity index (χ0v) is 19.7. The molecule has 0 saturated heterocycles. The number of hydrogen-bond donors (Lipinski definition) is 2. The summed E-state index contributed by atoms with van der Waals surface area (Å²) < 4.78 is 7.77. The molecule has 0 spiro atoms. The second-order valence-corrected chi connectivity index (χ2v) is 9.62. The van der Waals surface area contributed by atoms with Gasteiger partial charge in [-0.2, -0.15) is 0 Å². The number of benzene rings is 2. The Morgan fingerprint density at radius 2 is 1.88 bits per heavy atom. The van der Waals surface area contributed by atoms with Crippen molar-refractivity contribution in [2.24, 2.45) is 5.92 Å². The highest BCUT2D eigenvalue weighted by Gasteiger charge is 2.33. The lowest BCUT2D eigenvalue weighted by Crippen LogP contribution is -2.32. The molecule has 1 aromatic heterocycles. The summed E-state index contributed by atoms with van der Waals surface area (Å²) in [6, 6.07) is 15.9. The Morgan fingerprint density at radius 1 is 1.18 bits per heavy atom. The Morgan fingerprint density at radius 3 is 2.61 bits per heavy atom. The molecule has 1 atom stereocenters. The Kier molecular flexibility index (Phi) is 6.51. The molecule has 2 aromatic carbocycles. The van der Waals surface area contributed by atoms with Crippen LogP contribution in [0.5, 0.6) is 0 Å². The maximum Gasteiger partial charge on any atom is 0.407 e. The molecule has 2 N–H and O–H groups in total. The molecule has 7 heteroatoms. The topological polar surface area (TPSA) is 89.3 Å². The number of aliphatic hydroxyl groups is 1. The van der Waals surface area contributed by atoms with Gasteiger partial charge in [-0.3, -0.25) is 0 Å². The van der Waals surface area contributed by atoms with Crippen LogP contribution < -0.4 is 5.32 Å². The zero-order valence-electron chi connectivity index (χ0n) is 19.7. The number of nitrogens with one attached hydrogen (secondary N) is 1. The summed E-state index contributed by atoms with van der Waals surface area (Å²) in [6.07, 6.45) is 0.524. The van der Waals surface area contributed by atoms with Gasteiger partial charge in [0.2, 0.25) is 0 Å². The van der Waals surface area contributed by atoms with Gasteiger partial charge in [0.15, 0.2) is 0 Å². The number of rotatable bonds is 6. The monoisotopic (exact) mass is 448 g/mol. The van der Waals surface area contributed by atoms with Crippen LogP contribution in [0, 0.1) is 5.92 Å². The predicted octanol–water partition coefficient (Wildman–Crippen LogP) is 4.71. The number of ether oxygens (including phenoxy) is 1. The molecule has 1 amide bonds. The van der Waals surface area contributed by atoms with Crippen molar-refractivity contribution in [3.05, 3.63) is 59.7 Å². The van der Waals surface area contributed by atoms with Crippen LogP contribution in [0.2, 0.25) is 0 Å². The van der Waals surface area contributed by atoms with E-state index in [9.17, 15) is 9.90 Å². The van der Waals surface area contributed by atoms with Crippen molar-refractivity contribution < 1.29 is 14.6 Å². The minimum absolute atomic E-state index is 0.0925. The smallest absolute Gasteiger partial charge is 0.407 e. The van der Waals surface area contributed by atoms with Gasteiger partial charge < -0.3 is 15.2 Å². The molecular formula is C26H32N4O3. The largest absolute Gasteiger partial charge is 0.441 e. The molecule has 1 unspecified atom stereocenters. The van der Waals surface area contributed by atoms with Gasteiger partial charge >= 0.3 is 6.09 Å². The van der Waals surface area contributed by atoms with Crippen LogP contribution >= 0.6 is 0 Å². The van der Waals surface area contributed by atoms with Crippen LogP contribution in [0.4, 0.5) is 4.79 Å². The van der Waals surface area contributed by atoms with Crippen molar-refractivity contribution in [2.45, 2.75) is 52.2 Å². The van der Waals surface area contributed by atoms with Crippen molar-refractivity contribution in [3.63, 3.8) is 0 Å². The Bertz CT molecular complexity index is 1140. The van der Waals surface area contributed by atoms with E-state index in [1.54, 1.807) is 4.68 Å². The van der Waals surface area contributed by atoms with Crippen molar-refractivity contribution >= 4 is 6.09 Å². The maximum atomic E-state index is 12.7. The molecule has 1 aliphatic rings. The Balaban J connectivity index is 1.83. The van der Waals surface area contributed by atoms with Gasteiger partial charge in [-0.25, -0.2) is 9.48 Å². The summed E-state index contributed by atoms with van der Waals surface area (Å²) in [5.41, 5.74) is 4.69. The quantitative estimate of drug-likeness (QED) is 0.570. The molecule has 1 aliphatic carbocycles. The van der Waals surface area contributed by atoms with E-state index in [2.05, 4.69) is 29.5 Å². The molecular weight excluding hydrogens is 416 g/mol. The summed E-state index contributed by atoms with van der Waals surface area (Å²) in [5.74, 6) is 0.500. The van der Waals surface area contributed by atoms with E-state index in [1.807, 2.05) is 62.4 Å². The van der Waals surface area contributed by atoms with Crippen molar-refractivity contribution in [1.82, 2.24) is 20.3 Å². The van der Waals surface area contributed by atoms with E-state index in [-0.39, 0.29) is 6.61 Å². The lowest BCUT2D eigenvalue weighted by molar-refractivity contribution is 0.0974. The average molecular weight is 449 g/mol. The van der Waals surface area contributed by atoms with Crippen molar-refractivity contribution in [2.75, 3.05) is 13.2 Å². The SMILES string of the molecule is CC(C)CCNC(=O)OC1Cc2ccccc2-c2nnn(C(C)(C)CO)c2-c2ccccc21. The highest BCUT2D eigenvalue weighted by Crippen LogP contribution is 2.42. The fourth-order valence-corrected chi connectivity index (χ4v) is 4.17. The third kappa shape index (κ3) is 4.64. The highest BCUT2D eigenvalue weighted by molar-refractivity contribution is 5.83. The number of aliphatic hydroxyl groups excluding tert-OH is 1. The third-order valence-corrected chi connectivity index (χ3v) is 6.11. The fourth-order valence-electron chi connectivity index (χ4n) is 4.17. The number of nitrogens with zero attached hydrogens (tertiary/aromatic N) is 3. The predicted molar refractivity (Wildman–Crippen MR) is 128 cm³/mol. The average Bonchev–Trinajstić information content (AvgIpc) is 3.23. The standard InChI is InChI=1S/C26H32N4O3/c1-17(2)13-14-27-25(32)33-22-15-18-9-5-6-10-19(18)23-24(21-12-8-7-11-20(21)22)30(29-28-23)26(3,4)16-31/h5-12,17,22,31H,13-16H2,1-4H3,(H,27,32). The summed E-state index contributed by atoms with van der Waals surface area (Å²) in [4.78, 5) is 12.7. The van der Waals surface area contributed by atoms with Gasteiger partial charge in [-0.05, 0) is 31.7 Å². The molecule has 0 radical (unpaired) electrons. The van der Waals surface area contributed by atoms with Crippen LogP contribution in [-0.2, 0) is 16.7 Å². The molecule has 7 nitrogen and oxygen atoms in total. The number of alkyl carbamates (subject to hydrolysis) is 1. The molecule has 3 aromatic rings. The third-order valence-electron chi connectivity index (χ3n) is 6.11. The van der Waals surface area contributed by atoms with Gasteiger partial charge in [-0.1, -0.05) is 67.6 Å². The van der Waals surface area contributed by atoms with E-state index in [4.69, 9.17) is 4.74 Å². The van der Waals surface area contributed by atoms with Crippen LogP contribution in [0.25, 0.3) is 22.5 Å². The first-order valence-electron chi connectivity index (χ1n) is 11.5. The fraction of sp³-hybridized carbons (Fsp3) is 0.423. The van der Waals surface area contributed by atoms with Crippen LogP contribution in [0.15, 0.2) is 48.5 Å². The highest BCUT2D eigenvalue weighted by atomic mass is 16.6. The molecule has 33 heavy (non-hydrogen) atoms. The Labute approximate surface area is 194 Å². The van der Waals surface area contributed by atoms with E-state index in [0.717, 1.165) is 40.1 Å². The number of amides is 1. The summed E-state index contributed by atoms with van der Waals surface area (Å²) in [7, 11) is 0. The summed E-state index contributed by atoms with van der Waals surface area (Å²) >= 11 is 0. The van der Waals surface area contributed by atoms with E-state index in [1.165, 1.54) is 0 Å². The van der Waals surface area contributed by atoms with Gasteiger partial charge in [0.25, 0.3) is 0 Å². The first kappa shape index (κ1) is 23.0. The van der Waals surface area contributed by atoms with E-state index < -0.39 is 17.7 Å². The second-order valence-electron chi connectivity index (χ2n) is 9.62. The van der Waals surface area contributed by atoms with Crippen LogP contribution in [-0.4, -0.2) is 39.3 Å². The molecule has 0 aliphatic heterocycles. The molecule has 4 rings (SSSR count). The van der Waals surface area contributed by atoms with E-state index in [0.29, 0.717) is 18.9 Å².